The molecule has 3 nitrogen and oxygen atoms in total. The predicted octanol–water partition coefficient (Wildman–Crippen LogP) is -0.355. The zero-order chi connectivity index (χ0) is 8.10. The molecule has 1 aliphatic heterocycles. The van der Waals surface area contributed by atoms with Gasteiger partial charge in [-0.2, -0.15) is 0 Å². The van der Waals surface area contributed by atoms with Crippen molar-refractivity contribution >= 4 is 6.29 Å². The van der Waals surface area contributed by atoms with Crippen LogP contribution >= 0.6 is 0 Å². The molecule has 1 unspecified atom stereocenters. The van der Waals surface area contributed by atoms with Crippen LogP contribution in [0.3, 0.4) is 0 Å². The molecule has 0 aromatic carbocycles. The van der Waals surface area contributed by atoms with Crippen molar-refractivity contribution in [3.8, 4) is 0 Å². The first kappa shape index (κ1) is 8.43. The Morgan fingerprint density at radius 3 is 2.55 bits per heavy atom. The number of rotatable bonds is 3. The average molecular weight is 154 g/mol. The second-order valence-corrected chi connectivity index (χ2v) is 2.65. The van der Waals surface area contributed by atoms with E-state index in [4.69, 9.17) is 0 Å². The smallest absolute Gasteiger partial charge is 0.141 e. The van der Waals surface area contributed by atoms with Crippen molar-refractivity contribution in [1.82, 2.24) is 10.2 Å². The lowest BCUT2D eigenvalue weighted by Gasteiger charge is -2.29. The minimum absolute atomic E-state index is 0.0860. The predicted molar refractivity (Wildman–Crippen MR) is 44.5 cm³/mol. The Labute approximate surface area is 67.1 Å². The molecule has 0 radical (unpaired) electrons. The van der Waals surface area contributed by atoms with Crippen molar-refractivity contribution in [2.45, 2.75) is 6.04 Å². The highest BCUT2D eigenvalue weighted by Gasteiger charge is 2.15. The van der Waals surface area contributed by atoms with E-state index in [0.29, 0.717) is 0 Å². The van der Waals surface area contributed by atoms with E-state index in [-0.39, 0.29) is 6.04 Å². The highest BCUT2D eigenvalue weighted by atomic mass is 16.1. The van der Waals surface area contributed by atoms with Crippen LogP contribution in [0.1, 0.15) is 0 Å². The van der Waals surface area contributed by atoms with Gasteiger partial charge in [-0.3, -0.25) is 4.90 Å². The molecule has 0 saturated carbocycles. The van der Waals surface area contributed by atoms with Crippen LogP contribution < -0.4 is 5.32 Å². The number of hydrogen-bond donors (Lipinski definition) is 1. The SMILES string of the molecule is C=CC(C=O)N1CCNCC1. The quantitative estimate of drug-likeness (QED) is 0.445. The maximum Gasteiger partial charge on any atom is 0.141 e. The van der Waals surface area contributed by atoms with Crippen molar-refractivity contribution in [3.63, 3.8) is 0 Å². The molecule has 1 rings (SSSR count). The van der Waals surface area contributed by atoms with E-state index in [9.17, 15) is 4.79 Å². The molecule has 1 N–H and O–H groups in total. The number of hydrogen-bond acceptors (Lipinski definition) is 3. The van der Waals surface area contributed by atoms with Crippen LogP contribution in [0, 0.1) is 0 Å². The summed E-state index contributed by atoms with van der Waals surface area (Å²) in [5, 5.41) is 3.23. The van der Waals surface area contributed by atoms with Crippen LogP contribution in [-0.2, 0) is 4.79 Å². The van der Waals surface area contributed by atoms with Gasteiger partial charge in [0.1, 0.15) is 6.29 Å². The van der Waals surface area contributed by atoms with Gasteiger partial charge >= 0.3 is 0 Å². The third kappa shape index (κ3) is 2.13. The second-order valence-electron chi connectivity index (χ2n) is 2.65. The van der Waals surface area contributed by atoms with Gasteiger partial charge < -0.3 is 10.1 Å². The van der Waals surface area contributed by atoms with Gasteiger partial charge in [-0.15, -0.1) is 6.58 Å². The highest BCUT2D eigenvalue weighted by Crippen LogP contribution is 1.99. The van der Waals surface area contributed by atoms with Crippen molar-refractivity contribution < 1.29 is 4.79 Å². The summed E-state index contributed by atoms with van der Waals surface area (Å²) in [6.45, 7) is 7.43. The minimum Gasteiger partial charge on any atom is -0.314 e. The van der Waals surface area contributed by atoms with Crippen LogP contribution in [0.5, 0.6) is 0 Å². The van der Waals surface area contributed by atoms with E-state index in [1.807, 2.05) is 0 Å². The number of nitrogens with one attached hydrogen (secondary N) is 1. The molecule has 11 heavy (non-hydrogen) atoms. The van der Waals surface area contributed by atoms with Gasteiger partial charge in [-0.05, 0) is 0 Å². The van der Waals surface area contributed by atoms with E-state index in [1.54, 1.807) is 6.08 Å². The van der Waals surface area contributed by atoms with Gasteiger partial charge in [0.05, 0.1) is 6.04 Å². The molecule has 0 aliphatic carbocycles. The molecule has 1 atom stereocenters. The normalized spacial score (nSPS) is 22.5. The zero-order valence-electron chi connectivity index (χ0n) is 6.62. The number of nitrogens with zero attached hydrogens (tertiary/aromatic N) is 1. The van der Waals surface area contributed by atoms with Crippen molar-refractivity contribution in [2.24, 2.45) is 0 Å². The van der Waals surface area contributed by atoms with E-state index in [2.05, 4.69) is 16.8 Å². The molecule has 0 aromatic heterocycles. The largest absolute Gasteiger partial charge is 0.314 e. The van der Waals surface area contributed by atoms with Gasteiger partial charge in [-0.1, -0.05) is 6.08 Å². The van der Waals surface area contributed by atoms with Gasteiger partial charge in [0, 0.05) is 26.2 Å². The number of aldehydes is 1. The summed E-state index contributed by atoms with van der Waals surface area (Å²) >= 11 is 0. The molecule has 1 heterocycles. The summed E-state index contributed by atoms with van der Waals surface area (Å²) < 4.78 is 0. The Kier molecular flexibility index (Phi) is 3.26. The van der Waals surface area contributed by atoms with Crippen LogP contribution in [-0.4, -0.2) is 43.4 Å². The molecule has 1 aliphatic rings. The summed E-state index contributed by atoms with van der Waals surface area (Å²) in [4.78, 5) is 12.6. The first-order valence-corrected chi connectivity index (χ1v) is 3.91. The standard InChI is InChI=1S/C8H14N2O/c1-2-8(7-11)10-5-3-9-4-6-10/h2,7-9H,1,3-6H2. The molecule has 1 fully saturated rings. The van der Waals surface area contributed by atoms with Gasteiger partial charge in [0.25, 0.3) is 0 Å². The Morgan fingerprint density at radius 1 is 1.45 bits per heavy atom. The summed E-state index contributed by atoms with van der Waals surface area (Å²) in [7, 11) is 0. The van der Waals surface area contributed by atoms with Crippen molar-refractivity contribution in [1.29, 1.82) is 0 Å². The first-order valence-electron chi connectivity index (χ1n) is 3.91. The Morgan fingerprint density at radius 2 is 2.09 bits per heavy atom. The molecule has 0 spiro atoms. The van der Waals surface area contributed by atoms with Crippen LogP contribution in [0.25, 0.3) is 0 Å². The second kappa shape index (κ2) is 4.26. The molecule has 1 saturated heterocycles. The van der Waals surface area contributed by atoms with E-state index in [0.717, 1.165) is 32.5 Å². The fraction of sp³-hybridized carbons (Fsp3) is 0.625. The van der Waals surface area contributed by atoms with Crippen LogP contribution in [0.4, 0.5) is 0 Å². The third-order valence-electron chi connectivity index (χ3n) is 1.95. The van der Waals surface area contributed by atoms with Gasteiger partial charge in [0.2, 0.25) is 0 Å². The fourth-order valence-electron chi connectivity index (χ4n) is 1.27. The monoisotopic (exact) mass is 154 g/mol. The third-order valence-corrected chi connectivity index (χ3v) is 1.95. The van der Waals surface area contributed by atoms with Gasteiger partial charge in [-0.25, -0.2) is 0 Å². The molecule has 3 heteroatoms. The Hall–Kier alpha value is -0.670. The molecule has 0 amide bonds. The van der Waals surface area contributed by atoms with Crippen molar-refractivity contribution in [3.05, 3.63) is 12.7 Å². The maximum atomic E-state index is 10.5. The molecule has 0 bridgehead atoms. The number of carbonyl (C=O) groups is 1. The van der Waals surface area contributed by atoms with Crippen molar-refractivity contribution in [2.75, 3.05) is 26.2 Å². The maximum absolute atomic E-state index is 10.5. The summed E-state index contributed by atoms with van der Waals surface area (Å²) in [6.07, 6.45) is 2.64. The summed E-state index contributed by atoms with van der Waals surface area (Å²) in [5.74, 6) is 0. The van der Waals surface area contributed by atoms with E-state index in [1.165, 1.54) is 0 Å². The summed E-state index contributed by atoms with van der Waals surface area (Å²) in [5.41, 5.74) is 0. The molecule has 0 aromatic rings. The van der Waals surface area contributed by atoms with E-state index >= 15 is 0 Å². The fourth-order valence-corrected chi connectivity index (χ4v) is 1.27. The lowest BCUT2D eigenvalue weighted by Crippen LogP contribution is -2.48. The summed E-state index contributed by atoms with van der Waals surface area (Å²) in [6, 6.07) is -0.0860. The lowest BCUT2D eigenvalue weighted by atomic mass is 10.2. The highest BCUT2D eigenvalue weighted by molar-refractivity contribution is 5.60. The molecular weight excluding hydrogens is 140 g/mol. The lowest BCUT2D eigenvalue weighted by molar-refractivity contribution is -0.111. The molecular formula is C8H14N2O. The number of piperazine rings is 1. The minimum atomic E-state index is -0.0860. The van der Waals surface area contributed by atoms with E-state index < -0.39 is 0 Å². The average Bonchev–Trinajstić information content (AvgIpc) is 2.09. The Bertz CT molecular complexity index is 133. The first-order chi connectivity index (χ1) is 5.38. The number of carbonyl (C=O) groups excluding carboxylic acids is 1. The zero-order valence-corrected chi connectivity index (χ0v) is 6.62. The van der Waals surface area contributed by atoms with Gasteiger partial charge in [0.15, 0.2) is 0 Å². The molecule has 62 valence electrons. The Balaban J connectivity index is 2.42. The van der Waals surface area contributed by atoms with Crippen LogP contribution in [0.2, 0.25) is 0 Å². The topological polar surface area (TPSA) is 32.3 Å². The van der Waals surface area contributed by atoms with Crippen LogP contribution in [0.15, 0.2) is 12.7 Å².